The van der Waals surface area contributed by atoms with Gasteiger partial charge in [0, 0.05) is 32.0 Å². The van der Waals surface area contributed by atoms with Gasteiger partial charge >= 0.3 is 0 Å². The van der Waals surface area contributed by atoms with Gasteiger partial charge in [-0.05, 0) is 12.8 Å². The summed E-state index contributed by atoms with van der Waals surface area (Å²) in [4.78, 5) is 10.6. The number of rotatable bonds is 3. The van der Waals surface area contributed by atoms with Crippen LogP contribution < -0.4 is 5.73 Å². The van der Waals surface area contributed by atoms with Crippen molar-refractivity contribution in [3.05, 3.63) is 18.7 Å². The predicted molar refractivity (Wildman–Crippen MR) is 84.2 cm³/mol. The van der Waals surface area contributed by atoms with Crippen LogP contribution in [0.5, 0.6) is 0 Å². The van der Waals surface area contributed by atoms with E-state index in [1.165, 1.54) is 25.7 Å². The zero-order valence-corrected chi connectivity index (χ0v) is 13.0. The van der Waals surface area contributed by atoms with Crippen molar-refractivity contribution >= 4 is 29.9 Å². The summed E-state index contributed by atoms with van der Waals surface area (Å²) in [5.74, 6) is 0.701. The average Bonchev–Trinajstić information content (AvgIpc) is 2.69. The lowest BCUT2D eigenvalue weighted by Crippen LogP contribution is -2.38. The average molecular weight is 363 g/mol. The first-order valence-electron chi connectivity index (χ1n) is 6.37. The van der Waals surface area contributed by atoms with Crippen molar-refractivity contribution in [2.24, 2.45) is 10.7 Å². The van der Waals surface area contributed by atoms with Crippen LogP contribution in [0.4, 0.5) is 0 Å². The second kappa shape index (κ2) is 8.34. The van der Waals surface area contributed by atoms with Crippen molar-refractivity contribution < 1.29 is 0 Å². The SMILES string of the molecule is I.NC(=NCCn1ccnc1)N1CCCCCC1. The van der Waals surface area contributed by atoms with Gasteiger partial charge in [0.05, 0.1) is 12.9 Å². The Hall–Kier alpha value is -0.790. The zero-order chi connectivity index (χ0) is 11.9. The fourth-order valence-electron chi connectivity index (χ4n) is 2.10. The standard InChI is InChI=1S/C12H21N5.HI/c13-12(17-7-3-1-2-4-8-17)15-6-10-16-9-5-14-11-16;/h5,9,11H,1-4,6-8,10H2,(H2,13,15);1H. The van der Waals surface area contributed by atoms with E-state index in [0.29, 0.717) is 5.96 Å². The van der Waals surface area contributed by atoms with E-state index >= 15 is 0 Å². The van der Waals surface area contributed by atoms with Gasteiger partial charge in [0.25, 0.3) is 0 Å². The van der Waals surface area contributed by atoms with Crippen molar-refractivity contribution in [1.29, 1.82) is 0 Å². The lowest BCUT2D eigenvalue weighted by atomic mass is 10.2. The van der Waals surface area contributed by atoms with Gasteiger partial charge in [-0.3, -0.25) is 4.99 Å². The van der Waals surface area contributed by atoms with Crippen LogP contribution in [0, 0.1) is 0 Å². The Labute approximate surface area is 125 Å². The molecular formula is C12H22IN5. The minimum atomic E-state index is 0. The smallest absolute Gasteiger partial charge is 0.191 e. The Balaban J connectivity index is 0.00000162. The molecule has 0 unspecified atom stereocenters. The highest BCUT2D eigenvalue weighted by molar-refractivity contribution is 14.0. The molecule has 1 aromatic rings. The summed E-state index contributed by atoms with van der Waals surface area (Å²) >= 11 is 0. The van der Waals surface area contributed by atoms with Crippen molar-refractivity contribution in [1.82, 2.24) is 14.5 Å². The van der Waals surface area contributed by atoms with Crippen molar-refractivity contribution in [3.63, 3.8) is 0 Å². The molecule has 5 nitrogen and oxygen atoms in total. The van der Waals surface area contributed by atoms with Gasteiger partial charge in [-0.25, -0.2) is 4.98 Å². The van der Waals surface area contributed by atoms with E-state index < -0.39 is 0 Å². The topological polar surface area (TPSA) is 59.4 Å². The highest BCUT2D eigenvalue weighted by atomic mass is 127. The molecule has 0 saturated carbocycles. The molecule has 6 heteroatoms. The molecule has 1 fully saturated rings. The summed E-state index contributed by atoms with van der Waals surface area (Å²) < 4.78 is 2.01. The molecular weight excluding hydrogens is 341 g/mol. The molecule has 0 aliphatic carbocycles. The van der Waals surface area contributed by atoms with Gasteiger partial charge in [0.15, 0.2) is 5.96 Å². The van der Waals surface area contributed by atoms with E-state index in [-0.39, 0.29) is 24.0 Å². The normalized spacial score (nSPS) is 17.1. The molecule has 2 rings (SSSR count). The maximum atomic E-state index is 6.01. The molecule has 1 aliphatic heterocycles. The number of nitrogens with zero attached hydrogens (tertiary/aromatic N) is 4. The van der Waals surface area contributed by atoms with Crippen LogP contribution in [0.15, 0.2) is 23.7 Å². The van der Waals surface area contributed by atoms with E-state index in [1.54, 1.807) is 12.5 Å². The summed E-state index contributed by atoms with van der Waals surface area (Å²) in [7, 11) is 0. The van der Waals surface area contributed by atoms with Crippen LogP contribution in [0.3, 0.4) is 0 Å². The molecule has 0 aromatic carbocycles. The number of aliphatic imine (C=N–C) groups is 1. The van der Waals surface area contributed by atoms with Gasteiger partial charge in [-0.15, -0.1) is 24.0 Å². The second-order valence-corrected chi connectivity index (χ2v) is 4.44. The number of nitrogens with two attached hydrogens (primary N) is 1. The summed E-state index contributed by atoms with van der Waals surface area (Å²) in [5.41, 5.74) is 6.01. The fourth-order valence-corrected chi connectivity index (χ4v) is 2.10. The monoisotopic (exact) mass is 363 g/mol. The molecule has 18 heavy (non-hydrogen) atoms. The Kier molecular flexibility index (Phi) is 7.07. The molecule has 1 aliphatic rings. The van der Waals surface area contributed by atoms with Gasteiger partial charge in [-0.1, -0.05) is 12.8 Å². The lowest BCUT2D eigenvalue weighted by Gasteiger charge is -2.21. The molecule has 0 bridgehead atoms. The summed E-state index contributed by atoms with van der Waals surface area (Å²) in [6, 6.07) is 0. The number of halogens is 1. The highest BCUT2D eigenvalue weighted by Crippen LogP contribution is 2.08. The van der Waals surface area contributed by atoms with Crippen molar-refractivity contribution in [2.75, 3.05) is 19.6 Å². The third-order valence-electron chi connectivity index (χ3n) is 3.12. The molecule has 0 amide bonds. The van der Waals surface area contributed by atoms with Crippen LogP contribution in [-0.2, 0) is 6.54 Å². The molecule has 1 aromatic heterocycles. The first-order valence-corrected chi connectivity index (χ1v) is 6.37. The van der Waals surface area contributed by atoms with Gasteiger partial charge in [0.2, 0.25) is 0 Å². The Bertz CT molecular complexity index is 341. The maximum absolute atomic E-state index is 6.01. The van der Waals surface area contributed by atoms with Crippen LogP contribution in [0.2, 0.25) is 0 Å². The highest BCUT2D eigenvalue weighted by Gasteiger charge is 2.10. The number of hydrogen-bond acceptors (Lipinski definition) is 2. The molecule has 2 heterocycles. The molecule has 1 saturated heterocycles. The second-order valence-electron chi connectivity index (χ2n) is 4.44. The molecule has 0 spiro atoms. The first-order chi connectivity index (χ1) is 8.36. The summed E-state index contributed by atoms with van der Waals surface area (Å²) in [6.45, 7) is 3.67. The number of aromatic nitrogens is 2. The first kappa shape index (κ1) is 15.3. The maximum Gasteiger partial charge on any atom is 0.191 e. The minimum Gasteiger partial charge on any atom is -0.370 e. The number of hydrogen-bond donors (Lipinski definition) is 1. The van der Waals surface area contributed by atoms with E-state index in [4.69, 9.17) is 5.73 Å². The van der Waals surface area contributed by atoms with Crippen LogP contribution in [-0.4, -0.2) is 40.0 Å². The van der Waals surface area contributed by atoms with Crippen molar-refractivity contribution in [2.45, 2.75) is 32.2 Å². The largest absolute Gasteiger partial charge is 0.370 e. The van der Waals surface area contributed by atoms with Crippen LogP contribution in [0.1, 0.15) is 25.7 Å². The van der Waals surface area contributed by atoms with E-state index in [1.807, 2.05) is 10.8 Å². The zero-order valence-electron chi connectivity index (χ0n) is 10.7. The summed E-state index contributed by atoms with van der Waals surface area (Å²) in [5, 5.41) is 0. The number of likely N-dealkylation sites (tertiary alicyclic amines) is 1. The Morgan fingerprint density at radius 1 is 1.22 bits per heavy atom. The lowest BCUT2D eigenvalue weighted by molar-refractivity contribution is 0.428. The van der Waals surface area contributed by atoms with Gasteiger partial charge in [-0.2, -0.15) is 0 Å². The van der Waals surface area contributed by atoms with Crippen LogP contribution in [0.25, 0.3) is 0 Å². The molecule has 0 radical (unpaired) electrons. The van der Waals surface area contributed by atoms with Crippen molar-refractivity contribution in [3.8, 4) is 0 Å². The Morgan fingerprint density at radius 2 is 1.94 bits per heavy atom. The Morgan fingerprint density at radius 3 is 2.56 bits per heavy atom. The molecule has 102 valence electrons. The van der Waals surface area contributed by atoms with Gasteiger partial charge < -0.3 is 15.2 Å². The van der Waals surface area contributed by atoms with Crippen LogP contribution >= 0.6 is 24.0 Å². The van der Waals surface area contributed by atoms with E-state index in [2.05, 4.69) is 14.9 Å². The van der Waals surface area contributed by atoms with Gasteiger partial charge in [0.1, 0.15) is 0 Å². The fraction of sp³-hybridized carbons (Fsp3) is 0.667. The number of guanidine groups is 1. The third kappa shape index (κ3) is 4.83. The molecule has 2 N–H and O–H groups in total. The van der Waals surface area contributed by atoms with E-state index in [0.717, 1.165) is 26.2 Å². The number of imidazole rings is 1. The summed E-state index contributed by atoms with van der Waals surface area (Å²) in [6.07, 6.45) is 10.6. The predicted octanol–water partition coefficient (Wildman–Crippen LogP) is 1.69. The molecule has 0 atom stereocenters. The minimum absolute atomic E-state index is 0. The third-order valence-corrected chi connectivity index (χ3v) is 3.12. The van der Waals surface area contributed by atoms with E-state index in [9.17, 15) is 0 Å². The quantitative estimate of drug-likeness (QED) is 0.505.